The molecule has 0 unspecified atom stereocenters. The lowest BCUT2D eigenvalue weighted by Gasteiger charge is -2.11. The predicted molar refractivity (Wildman–Crippen MR) is 98.8 cm³/mol. The smallest absolute Gasteiger partial charge is 0.220 e. The molecule has 0 aliphatic heterocycles. The molecule has 26 heavy (non-hydrogen) atoms. The van der Waals surface area contributed by atoms with Gasteiger partial charge in [-0.15, -0.1) is 0 Å². The van der Waals surface area contributed by atoms with Gasteiger partial charge < -0.3 is 9.73 Å². The Morgan fingerprint density at radius 2 is 2.04 bits per heavy atom. The van der Waals surface area contributed by atoms with E-state index in [-0.39, 0.29) is 5.91 Å². The summed E-state index contributed by atoms with van der Waals surface area (Å²) >= 11 is 0. The van der Waals surface area contributed by atoms with Crippen LogP contribution in [-0.4, -0.2) is 20.5 Å². The summed E-state index contributed by atoms with van der Waals surface area (Å²) in [7, 11) is 0. The number of fused-ring (bicyclic) bond motifs is 3. The van der Waals surface area contributed by atoms with Gasteiger partial charge in [-0.05, 0) is 50.1 Å². The first kappa shape index (κ1) is 16.3. The number of amides is 1. The van der Waals surface area contributed by atoms with Gasteiger partial charge in [0, 0.05) is 23.2 Å². The minimum atomic E-state index is -0.00840. The topological polar surface area (TPSA) is 72.4 Å². The van der Waals surface area contributed by atoms with Crippen LogP contribution >= 0.6 is 0 Å². The standard InChI is InChI=1S/C20H20N4O2/c1-13-16(9-10-19(25)21-12-15-6-5-11-26-15)14(2)24-20(22-13)17-7-3-4-8-18(17)23-24/h3-8,11H,9-10,12H2,1-2H3,(H,21,25). The minimum absolute atomic E-state index is 0.00840. The number of hydrogen-bond donors (Lipinski definition) is 1. The van der Waals surface area contributed by atoms with Gasteiger partial charge in [0.1, 0.15) is 5.76 Å². The molecule has 0 saturated heterocycles. The third-order valence-corrected chi connectivity index (χ3v) is 4.66. The monoisotopic (exact) mass is 348 g/mol. The number of aryl methyl sites for hydroxylation is 2. The number of rotatable bonds is 5. The second-order valence-electron chi connectivity index (χ2n) is 6.37. The summed E-state index contributed by atoms with van der Waals surface area (Å²) in [4.78, 5) is 16.9. The largest absolute Gasteiger partial charge is 0.467 e. The second kappa shape index (κ2) is 6.63. The summed E-state index contributed by atoms with van der Waals surface area (Å²) in [5.41, 5.74) is 4.83. The maximum atomic E-state index is 12.1. The van der Waals surface area contributed by atoms with E-state index in [1.54, 1.807) is 6.26 Å². The highest BCUT2D eigenvalue weighted by atomic mass is 16.3. The van der Waals surface area contributed by atoms with Crippen LogP contribution in [0, 0.1) is 13.8 Å². The van der Waals surface area contributed by atoms with Crippen molar-refractivity contribution in [3.63, 3.8) is 0 Å². The molecule has 1 N–H and O–H groups in total. The average Bonchev–Trinajstić information content (AvgIpc) is 3.28. The fourth-order valence-corrected chi connectivity index (χ4v) is 3.26. The third kappa shape index (κ3) is 2.94. The van der Waals surface area contributed by atoms with Crippen molar-refractivity contribution in [3.05, 3.63) is 65.4 Å². The molecule has 0 aliphatic carbocycles. The first-order valence-corrected chi connectivity index (χ1v) is 8.66. The Labute approximate surface area is 150 Å². The quantitative estimate of drug-likeness (QED) is 0.600. The Morgan fingerprint density at radius 1 is 1.19 bits per heavy atom. The number of furan rings is 1. The molecule has 0 atom stereocenters. The van der Waals surface area contributed by atoms with Crippen molar-refractivity contribution in [1.29, 1.82) is 0 Å². The Morgan fingerprint density at radius 3 is 2.85 bits per heavy atom. The molecule has 0 fully saturated rings. The van der Waals surface area contributed by atoms with Gasteiger partial charge in [-0.2, -0.15) is 5.10 Å². The number of nitrogens with zero attached hydrogens (tertiary/aromatic N) is 3. The van der Waals surface area contributed by atoms with Gasteiger partial charge in [-0.25, -0.2) is 9.50 Å². The third-order valence-electron chi connectivity index (χ3n) is 4.66. The summed E-state index contributed by atoms with van der Waals surface area (Å²) in [5, 5.41) is 8.58. The van der Waals surface area contributed by atoms with Crippen molar-refractivity contribution >= 4 is 22.5 Å². The number of carbonyl (C=O) groups excluding carboxylic acids is 1. The van der Waals surface area contributed by atoms with E-state index in [4.69, 9.17) is 9.40 Å². The molecule has 0 radical (unpaired) electrons. The molecule has 4 aromatic rings. The van der Waals surface area contributed by atoms with Gasteiger partial charge in [-0.3, -0.25) is 4.79 Å². The van der Waals surface area contributed by atoms with Crippen LogP contribution in [0.2, 0.25) is 0 Å². The Bertz CT molecular complexity index is 1080. The van der Waals surface area contributed by atoms with Gasteiger partial charge in [0.05, 0.1) is 18.3 Å². The number of carbonyl (C=O) groups is 1. The zero-order valence-corrected chi connectivity index (χ0v) is 14.8. The summed E-state index contributed by atoms with van der Waals surface area (Å²) in [6.45, 7) is 4.43. The second-order valence-corrected chi connectivity index (χ2v) is 6.37. The molecule has 0 aliphatic rings. The predicted octanol–water partition coefficient (Wildman–Crippen LogP) is 3.34. The van der Waals surface area contributed by atoms with E-state index in [1.807, 2.05) is 54.8 Å². The summed E-state index contributed by atoms with van der Waals surface area (Å²) < 4.78 is 7.11. The summed E-state index contributed by atoms with van der Waals surface area (Å²) in [6, 6.07) is 11.6. The highest BCUT2D eigenvalue weighted by Crippen LogP contribution is 2.22. The van der Waals surface area contributed by atoms with Crippen molar-refractivity contribution < 1.29 is 9.21 Å². The van der Waals surface area contributed by atoms with Crippen molar-refractivity contribution in [2.75, 3.05) is 0 Å². The highest BCUT2D eigenvalue weighted by Gasteiger charge is 2.14. The molecule has 0 saturated carbocycles. The normalized spacial score (nSPS) is 11.3. The van der Waals surface area contributed by atoms with E-state index in [9.17, 15) is 4.79 Å². The number of benzene rings is 1. The molecule has 6 heteroatoms. The van der Waals surface area contributed by atoms with Gasteiger partial charge in [-0.1, -0.05) is 12.1 Å². The van der Waals surface area contributed by atoms with E-state index in [0.717, 1.165) is 39.3 Å². The molecular formula is C20H20N4O2. The fraction of sp³-hybridized carbons (Fsp3) is 0.250. The summed E-state index contributed by atoms with van der Waals surface area (Å²) in [5.74, 6) is 0.739. The Balaban J connectivity index is 1.54. The lowest BCUT2D eigenvalue weighted by molar-refractivity contribution is -0.121. The molecule has 4 rings (SSSR count). The van der Waals surface area contributed by atoms with Crippen LogP contribution in [0.1, 0.15) is 29.1 Å². The molecule has 0 bridgehead atoms. The van der Waals surface area contributed by atoms with Crippen LogP contribution in [0.25, 0.3) is 16.6 Å². The number of nitrogens with one attached hydrogen (secondary N) is 1. The molecule has 1 amide bonds. The highest BCUT2D eigenvalue weighted by molar-refractivity contribution is 5.92. The first-order valence-electron chi connectivity index (χ1n) is 8.66. The van der Waals surface area contributed by atoms with Gasteiger partial charge in [0.25, 0.3) is 0 Å². The van der Waals surface area contributed by atoms with Crippen LogP contribution in [0.15, 0.2) is 47.1 Å². The number of aromatic nitrogens is 3. The SMILES string of the molecule is Cc1nc2c3ccccc3nn2c(C)c1CCC(=O)NCc1ccco1. The van der Waals surface area contributed by atoms with Crippen LogP contribution in [0.4, 0.5) is 0 Å². The van der Waals surface area contributed by atoms with Crippen LogP contribution in [0.3, 0.4) is 0 Å². The Hall–Kier alpha value is -3.15. The molecule has 6 nitrogen and oxygen atoms in total. The van der Waals surface area contributed by atoms with Crippen molar-refractivity contribution in [1.82, 2.24) is 19.9 Å². The zero-order valence-electron chi connectivity index (χ0n) is 14.8. The van der Waals surface area contributed by atoms with E-state index in [1.165, 1.54) is 0 Å². The first-order chi connectivity index (χ1) is 12.6. The van der Waals surface area contributed by atoms with Crippen molar-refractivity contribution in [3.8, 4) is 0 Å². The van der Waals surface area contributed by atoms with E-state index >= 15 is 0 Å². The molecule has 3 heterocycles. The minimum Gasteiger partial charge on any atom is -0.467 e. The van der Waals surface area contributed by atoms with Crippen LogP contribution in [0.5, 0.6) is 0 Å². The molecule has 3 aromatic heterocycles. The van der Waals surface area contributed by atoms with Crippen LogP contribution < -0.4 is 5.32 Å². The van der Waals surface area contributed by atoms with Gasteiger partial charge >= 0.3 is 0 Å². The maximum absolute atomic E-state index is 12.1. The fourth-order valence-electron chi connectivity index (χ4n) is 3.26. The van der Waals surface area contributed by atoms with Gasteiger partial charge in [0.15, 0.2) is 5.65 Å². The van der Waals surface area contributed by atoms with E-state index < -0.39 is 0 Å². The van der Waals surface area contributed by atoms with Crippen molar-refractivity contribution in [2.45, 2.75) is 33.2 Å². The van der Waals surface area contributed by atoms with E-state index in [2.05, 4.69) is 10.4 Å². The lowest BCUT2D eigenvalue weighted by atomic mass is 10.1. The van der Waals surface area contributed by atoms with Gasteiger partial charge in [0.2, 0.25) is 5.91 Å². The zero-order chi connectivity index (χ0) is 18.1. The van der Waals surface area contributed by atoms with E-state index in [0.29, 0.717) is 19.4 Å². The van der Waals surface area contributed by atoms with Crippen molar-refractivity contribution in [2.24, 2.45) is 0 Å². The number of hydrogen-bond acceptors (Lipinski definition) is 4. The van der Waals surface area contributed by atoms with Crippen LogP contribution in [-0.2, 0) is 17.8 Å². The summed E-state index contributed by atoms with van der Waals surface area (Å²) in [6.07, 6.45) is 2.63. The lowest BCUT2D eigenvalue weighted by Crippen LogP contribution is -2.23. The maximum Gasteiger partial charge on any atom is 0.220 e. The average molecular weight is 348 g/mol. The molecule has 1 aromatic carbocycles. The molecule has 132 valence electrons. The Kier molecular flexibility index (Phi) is 4.16. The molecule has 0 spiro atoms. The molecular weight excluding hydrogens is 328 g/mol.